The second-order valence-corrected chi connectivity index (χ2v) is 4.14. The van der Waals surface area contributed by atoms with Crippen molar-refractivity contribution in [2.75, 3.05) is 18.0 Å². The maximum Gasteiger partial charge on any atom is 0.266 e. The normalized spacial score (nSPS) is 10.6. The average Bonchev–Trinajstić information content (AvgIpc) is 2.83. The van der Waals surface area contributed by atoms with Crippen molar-refractivity contribution in [2.45, 2.75) is 13.8 Å². The Morgan fingerprint density at radius 2 is 2.06 bits per heavy atom. The monoisotopic (exact) mass is 267 g/mol. The van der Waals surface area contributed by atoms with Crippen molar-refractivity contribution in [3.05, 3.63) is 23.2 Å². The lowest BCUT2D eigenvalue weighted by atomic mass is 10.2. The van der Waals surface area contributed by atoms with E-state index in [0.29, 0.717) is 22.4 Å². The highest BCUT2D eigenvalue weighted by atomic mass is 35.5. The van der Waals surface area contributed by atoms with E-state index in [1.807, 2.05) is 18.7 Å². The Morgan fingerprint density at radius 3 is 2.72 bits per heavy atom. The maximum absolute atomic E-state index is 9.45. The number of hydrogen-bond acceptors (Lipinski definition) is 5. The number of phenols is 1. The number of phenolic OH excluding ortho intramolecular Hbond substituents is 1. The fraction of sp³-hybridized carbons (Fsp3) is 0.333. The van der Waals surface area contributed by atoms with Crippen molar-refractivity contribution < 1.29 is 9.63 Å². The van der Waals surface area contributed by atoms with E-state index in [2.05, 4.69) is 10.1 Å². The average molecular weight is 268 g/mol. The van der Waals surface area contributed by atoms with Gasteiger partial charge >= 0.3 is 0 Å². The molecule has 0 unspecified atom stereocenters. The summed E-state index contributed by atoms with van der Waals surface area (Å²) < 4.78 is 5.17. The smallest absolute Gasteiger partial charge is 0.266 e. The molecule has 0 fully saturated rings. The fourth-order valence-corrected chi connectivity index (χ4v) is 1.84. The molecule has 1 aromatic heterocycles. The molecule has 6 heteroatoms. The van der Waals surface area contributed by atoms with E-state index in [0.717, 1.165) is 13.1 Å². The van der Waals surface area contributed by atoms with Crippen LogP contribution < -0.4 is 4.90 Å². The van der Waals surface area contributed by atoms with Crippen LogP contribution in [-0.2, 0) is 0 Å². The summed E-state index contributed by atoms with van der Waals surface area (Å²) in [5.41, 5.74) is 0.530. The van der Waals surface area contributed by atoms with Gasteiger partial charge in [0.2, 0.25) is 0 Å². The van der Waals surface area contributed by atoms with Gasteiger partial charge in [-0.3, -0.25) is 0 Å². The van der Waals surface area contributed by atoms with Crippen LogP contribution in [0.3, 0.4) is 0 Å². The molecule has 1 N–H and O–H groups in total. The molecule has 2 rings (SSSR count). The predicted octanol–water partition coefficient (Wildman–Crippen LogP) is 2.94. The quantitative estimate of drug-likeness (QED) is 0.923. The standard InChI is InChI=1S/C12H14ClN3O2/c1-3-16(4-2)12-14-11(18-15-12)9-7-8(17)5-6-10(9)13/h5-7,17H,3-4H2,1-2H3. The fourth-order valence-electron chi connectivity index (χ4n) is 1.64. The summed E-state index contributed by atoms with van der Waals surface area (Å²) >= 11 is 6.03. The van der Waals surface area contributed by atoms with Crippen molar-refractivity contribution in [3.63, 3.8) is 0 Å². The molecule has 1 heterocycles. The van der Waals surface area contributed by atoms with Crippen LogP contribution in [0.15, 0.2) is 22.7 Å². The van der Waals surface area contributed by atoms with Crippen LogP contribution in [0.2, 0.25) is 5.02 Å². The van der Waals surface area contributed by atoms with Gasteiger partial charge in [0.1, 0.15) is 5.75 Å². The number of anilines is 1. The Balaban J connectivity index is 2.37. The number of benzene rings is 1. The highest BCUT2D eigenvalue weighted by molar-refractivity contribution is 6.33. The van der Waals surface area contributed by atoms with Crippen molar-refractivity contribution in [3.8, 4) is 17.2 Å². The third-order valence-corrected chi connectivity index (χ3v) is 2.97. The maximum atomic E-state index is 9.45. The molecular formula is C12H14ClN3O2. The number of aromatic hydroxyl groups is 1. The van der Waals surface area contributed by atoms with E-state index in [1.165, 1.54) is 12.1 Å². The molecule has 0 amide bonds. The van der Waals surface area contributed by atoms with Crippen LogP contribution in [0.5, 0.6) is 5.75 Å². The molecule has 0 aliphatic rings. The minimum Gasteiger partial charge on any atom is -0.508 e. The van der Waals surface area contributed by atoms with E-state index in [-0.39, 0.29) is 5.75 Å². The van der Waals surface area contributed by atoms with E-state index in [1.54, 1.807) is 6.07 Å². The summed E-state index contributed by atoms with van der Waals surface area (Å²) in [5.74, 6) is 0.934. The van der Waals surface area contributed by atoms with Gasteiger partial charge in [0, 0.05) is 13.1 Å². The molecular weight excluding hydrogens is 254 g/mol. The lowest BCUT2D eigenvalue weighted by Crippen LogP contribution is -2.22. The molecule has 0 saturated heterocycles. The molecule has 1 aromatic carbocycles. The van der Waals surface area contributed by atoms with Gasteiger partial charge in [-0.1, -0.05) is 11.6 Å². The summed E-state index contributed by atoms with van der Waals surface area (Å²) in [6, 6.07) is 4.60. The van der Waals surface area contributed by atoms with Crippen LogP contribution in [0, 0.1) is 0 Å². The van der Waals surface area contributed by atoms with Crippen LogP contribution in [-0.4, -0.2) is 28.3 Å². The topological polar surface area (TPSA) is 62.4 Å². The third-order valence-electron chi connectivity index (χ3n) is 2.64. The van der Waals surface area contributed by atoms with Crippen LogP contribution in [0.25, 0.3) is 11.5 Å². The second kappa shape index (κ2) is 5.27. The molecule has 0 radical (unpaired) electrons. The van der Waals surface area contributed by atoms with Crippen molar-refractivity contribution in [2.24, 2.45) is 0 Å². The largest absolute Gasteiger partial charge is 0.508 e. The minimum atomic E-state index is 0.108. The highest BCUT2D eigenvalue weighted by Gasteiger charge is 2.15. The zero-order valence-corrected chi connectivity index (χ0v) is 11.0. The minimum absolute atomic E-state index is 0.108. The molecule has 18 heavy (non-hydrogen) atoms. The third kappa shape index (κ3) is 2.41. The Morgan fingerprint density at radius 1 is 1.33 bits per heavy atom. The first kappa shape index (κ1) is 12.7. The summed E-state index contributed by atoms with van der Waals surface area (Å²) in [7, 11) is 0. The zero-order valence-electron chi connectivity index (χ0n) is 10.2. The highest BCUT2D eigenvalue weighted by Crippen LogP contribution is 2.30. The Labute approximate surface area is 110 Å². The number of rotatable bonds is 4. The van der Waals surface area contributed by atoms with Gasteiger partial charge in [-0.15, -0.1) is 0 Å². The second-order valence-electron chi connectivity index (χ2n) is 3.74. The summed E-state index contributed by atoms with van der Waals surface area (Å²) in [6.07, 6.45) is 0. The molecule has 2 aromatic rings. The zero-order chi connectivity index (χ0) is 13.1. The summed E-state index contributed by atoms with van der Waals surface area (Å²) in [5, 5.41) is 13.8. The Hall–Kier alpha value is -1.75. The van der Waals surface area contributed by atoms with Gasteiger partial charge in [-0.05, 0) is 37.2 Å². The molecule has 5 nitrogen and oxygen atoms in total. The first-order valence-corrected chi connectivity index (χ1v) is 6.11. The molecule has 0 aliphatic heterocycles. The SMILES string of the molecule is CCN(CC)c1noc(-c2cc(O)ccc2Cl)n1. The lowest BCUT2D eigenvalue weighted by Gasteiger charge is -2.14. The number of hydrogen-bond donors (Lipinski definition) is 1. The Bertz CT molecular complexity index is 538. The van der Waals surface area contributed by atoms with Gasteiger partial charge < -0.3 is 14.5 Å². The number of nitrogens with zero attached hydrogens (tertiary/aromatic N) is 3. The number of halogens is 1. The Kier molecular flexibility index (Phi) is 3.72. The first-order chi connectivity index (χ1) is 8.65. The van der Waals surface area contributed by atoms with Crippen LogP contribution in [0.4, 0.5) is 5.95 Å². The van der Waals surface area contributed by atoms with Crippen LogP contribution in [0.1, 0.15) is 13.8 Å². The van der Waals surface area contributed by atoms with E-state index in [4.69, 9.17) is 16.1 Å². The van der Waals surface area contributed by atoms with Crippen molar-refractivity contribution >= 4 is 17.5 Å². The van der Waals surface area contributed by atoms with Gasteiger partial charge in [0.05, 0.1) is 10.6 Å². The summed E-state index contributed by atoms with van der Waals surface area (Å²) in [6.45, 7) is 5.62. The molecule has 0 atom stereocenters. The molecule has 0 spiro atoms. The molecule has 0 saturated carbocycles. The van der Waals surface area contributed by atoms with E-state index >= 15 is 0 Å². The van der Waals surface area contributed by atoms with E-state index in [9.17, 15) is 5.11 Å². The van der Waals surface area contributed by atoms with Gasteiger partial charge in [-0.25, -0.2) is 0 Å². The van der Waals surface area contributed by atoms with Gasteiger partial charge in [0.25, 0.3) is 11.8 Å². The molecule has 0 bridgehead atoms. The first-order valence-electron chi connectivity index (χ1n) is 5.73. The molecule has 96 valence electrons. The number of aromatic nitrogens is 2. The molecule has 0 aliphatic carbocycles. The van der Waals surface area contributed by atoms with Gasteiger partial charge in [-0.2, -0.15) is 4.98 Å². The predicted molar refractivity (Wildman–Crippen MR) is 70.0 cm³/mol. The van der Waals surface area contributed by atoms with Crippen LogP contribution >= 0.6 is 11.6 Å². The van der Waals surface area contributed by atoms with Crippen molar-refractivity contribution in [1.29, 1.82) is 0 Å². The van der Waals surface area contributed by atoms with Gasteiger partial charge in [0.15, 0.2) is 0 Å². The summed E-state index contributed by atoms with van der Waals surface area (Å²) in [4.78, 5) is 6.24. The lowest BCUT2D eigenvalue weighted by molar-refractivity contribution is 0.428. The van der Waals surface area contributed by atoms with Crippen molar-refractivity contribution in [1.82, 2.24) is 10.1 Å². The van der Waals surface area contributed by atoms with E-state index < -0.39 is 0 Å².